The Morgan fingerprint density at radius 1 is 1.10 bits per heavy atom. The van der Waals surface area contributed by atoms with Crippen molar-refractivity contribution in [2.24, 2.45) is 4.99 Å². The van der Waals surface area contributed by atoms with Crippen LogP contribution in [0, 0.1) is 0 Å². The van der Waals surface area contributed by atoms with E-state index in [1.54, 1.807) is 7.05 Å². The number of amides is 1. The summed E-state index contributed by atoms with van der Waals surface area (Å²) in [5.41, 5.74) is 1.40. The van der Waals surface area contributed by atoms with E-state index in [4.69, 9.17) is 4.74 Å². The third-order valence-electron chi connectivity index (χ3n) is 4.64. The van der Waals surface area contributed by atoms with E-state index in [-0.39, 0.29) is 24.0 Å². The molecule has 0 spiro atoms. The molecule has 8 heteroatoms. The van der Waals surface area contributed by atoms with Gasteiger partial charge in [-0.3, -0.25) is 10.3 Å². The van der Waals surface area contributed by atoms with Crippen molar-refractivity contribution in [3.05, 3.63) is 29.8 Å². The highest BCUT2D eigenvalue weighted by Crippen LogP contribution is 2.13. The largest absolute Gasteiger partial charge is 0.444 e. The average Bonchev–Trinajstić information content (AvgIpc) is 2.65. The summed E-state index contributed by atoms with van der Waals surface area (Å²) in [4.78, 5) is 18.5. The third kappa shape index (κ3) is 14.2. The van der Waals surface area contributed by atoms with Gasteiger partial charge in [0.25, 0.3) is 0 Å². The van der Waals surface area contributed by atoms with Gasteiger partial charge in [-0.15, -0.1) is 24.0 Å². The van der Waals surface area contributed by atoms with Crippen LogP contribution in [0.2, 0.25) is 0 Å². The maximum Gasteiger partial charge on any atom is 0.412 e. The van der Waals surface area contributed by atoms with Crippen LogP contribution in [0.5, 0.6) is 0 Å². The van der Waals surface area contributed by atoms with Gasteiger partial charge in [-0.25, -0.2) is 4.79 Å². The van der Waals surface area contributed by atoms with E-state index in [1.807, 2.05) is 45.0 Å². The van der Waals surface area contributed by atoms with Crippen molar-refractivity contribution in [2.45, 2.75) is 65.5 Å². The molecule has 31 heavy (non-hydrogen) atoms. The zero-order chi connectivity index (χ0) is 22.6. The summed E-state index contributed by atoms with van der Waals surface area (Å²) in [6.45, 7) is 12.8. The Kier molecular flexibility index (Phi) is 14.5. The molecule has 1 aromatic carbocycles. The number of halogens is 1. The van der Waals surface area contributed by atoms with Crippen molar-refractivity contribution in [3.8, 4) is 0 Å². The number of carbonyl (C=O) groups excluding carboxylic acids is 1. The number of hydrogen-bond acceptors (Lipinski definition) is 4. The van der Waals surface area contributed by atoms with Gasteiger partial charge in [0, 0.05) is 31.9 Å². The zero-order valence-electron chi connectivity index (χ0n) is 20.2. The van der Waals surface area contributed by atoms with Gasteiger partial charge in [-0.05, 0) is 85.2 Å². The summed E-state index contributed by atoms with van der Waals surface area (Å²) in [7, 11) is 3.96. The Morgan fingerprint density at radius 3 is 2.26 bits per heavy atom. The zero-order valence-corrected chi connectivity index (χ0v) is 22.6. The highest BCUT2D eigenvalue weighted by atomic mass is 127. The Labute approximate surface area is 205 Å². The van der Waals surface area contributed by atoms with Gasteiger partial charge in [0.2, 0.25) is 0 Å². The van der Waals surface area contributed by atoms with Gasteiger partial charge in [0.1, 0.15) is 5.60 Å². The standard InChI is InChI=1S/C23H41N5O2.HI/c1-18(2)28(7)17-9-8-15-25-21(24-6)26-16-14-19-10-12-20(13-11-19)27-22(29)30-23(3,4)5;/h10-13,18H,8-9,14-17H2,1-7H3,(H,27,29)(H2,24,25,26);1H. The van der Waals surface area contributed by atoms with Crippen LogP contribution >= 0.6 is 24.0 Å². The quantitative estimate of drug-likeness (QED) is 0.174. The predicted octanol–water partition coefficient (Wildman–Crippen LogP) is 4.48. The van der Waals surface area contributed by atoms with Crippen LogP contribution in [0.3, 0.4) is 0 Å². The fourth-order valence-electron chi connectivity index (χ4n) is 2.67. The first-order chi connectivity index (χ1) is 14.1. The topological polar surface area (TPSA) is 78.0 Å². The van der Waals surface area contributed by atoms with E-state index in [0.29, 0.717) is 6.04 Å². The molecule has 0 atom stereocenters. The lowest BCUT2D eigenvalue weighted by Gasteiger charge is -2.20. The summed E-state index contributed by atoms with van der Waals surface area (Å²) < 4.78 is 5.26. The van der Waals surface area contributed by atoms with Crippen molar-refractivity contribution in [3.63, 3.8) is 0 Å². The number of hydrogen-bond donors (Lipinski definition) is 3. The minimum atomic E-state index is -0.507. The van der Waals surface area contributed by atoms with E-state index in [1.165, 1.54) is 12.0 Å². The molecule has 0 heterocycles. The van der Waals surface area contributed by atoms with E-state index in [0.717, 1.165) is 44.1 Å². The Morgan fingerprint density at radius 2 is 1.71 bits per heavy atom. The summed E-state index contributed by atoms with van der Waals surface area (Å²) >= 11 is 0. The number of ether oxygens (including phenoxy) is 1. The van der Waals surface area contributed by atoms with Crippen molar-refractivity contribution >= 4 is 41.7 Å². The van der Waals surface area contributed by atoms with Gasteiger partial charge in [-0.1, -0.05) is 12.1 Å². The van der Waals surface area contributed by atoms with E-state index in [9.17, 15) is 4.79 Å². The first-order valence-electron chi connectivity index (χ1n) is 10.8. The molecule has 0 aliphatic heterocycles. The second-order valence-corrected chi connectivity index (χ2v) is 8.78. The van der Waals surface area contributed by atoms with Crippen molar-refractivity contribution < 1.29 is 9.53 Å². The maximum atomic E-state index is 11.8. The second kappa shape index (κ2) is 15.3. The van der Waals surface area contributed by atoms with Gasteiger partial charge < -0.3 is 20.3 Å². The number of anilines is 1. The van der Waals surface area contributed by atoms with Crippen molar-refractivity contribution in [2.75, 3.05) is 39.0 Å². The molecule has 0 bridgehead atoms. The number of guanidine groups is 1. The lowest BCUT2D eigenvalue weighted by Crippen LogP contribution is -2.39. The second-order valence-electron chi connectivity index (χ2n) is 8.78. The lowest BCUT2D eigenvalue weighted by molar-refractivity contribution is 0.0636. The summed E-state index contributed by atoms with van der Waals surface area (Å²) in [6.07, 6.45) is 2.71. The summed E-state index contributed by atoms with van der Waals surface area (Å²) in [6, 6.07) is 8.39. The first-order valence-corrected chi connectivity index (χ1v) is 10.8. The van der Waals surface area contributed by atoms with Crippen LogP contribution in [-0.2, 0) is 11.2 Å². The van der Waals surface area contributed by atoms with Gasteiger partial charge in [0.05, 0.1) is 0 Å². The van der Waals surface area contributed by atoms with Crippen LogP contribution in [-0.4, -0.2) is 62.3 Å². The van der Waals surface area contributed by atoms with Crippen LogP contribution in [0.4, 0.5) is 10.5 Å². The van der Waals surface area contributed by atoms with E-state index >= 15 is 0 Å². The van der Waals surface area contributed by atoms with Gasteiger partial charge in [-0.2, -0.15) is 0 Å². The van der Waals surface area contributed by atoms with Crippen LogP contribution in [0.25, 0.3) is 0 Å². The molecule has 7 nitrogen and oxygen atoms in total. The Bertz CT molecular complexity index is 657. The van der Waals surface area contributed by atoms with E-state index < -0.39 is 11.7 Å². The molecule has 178 valence electrons. The first kappa shape index (κ1) is 29.5. The van der Waals surface area contributed by atoms with Gasteiger partial charge >= 0.3 is 6.09 Å². The monoisotopic (exact) mass is 547 g/mol. The maximum absolute atomic E-state index is 11.8. The van der Waals surface area contributed by atoms with Crippen molar-refractivity contribution in [1.82, 2.24) is 15.5 Å². The molecular weight excluding hydrogens is 505 g/mol. The molecule has 0 unspecified atom stereocenters. The molecule has 1 aromatic rings. The minimum absolute atomic E-state index is 0. The lowest BCUT2D eigenvalue weighted by atomic mass is 10.1. The predicted molar refractivity (Wildman–Crippen MR) is 142 cm³/mol. The van der Waals surface area contributed by atoms with Crippen molar-refractivity contribution in [1.29, 1.82) is 0 Å². The fourth-order valence-corrected chi connectivity index (χ4v) is 2.67. The number of aliphatic imine (C=N–C) groups is 1. The number of nitrogens with zero attached hydrogens (tertiary/aromatic N) is 2. The van der Waals surface area contributed by atoms with Crippen LogP contribution in [0.15, 0.2) is 29.3 Å². The van der Waals surface area contributed by atoms with Gasteiger partial charge in [0.15, 0.2) is 5.96 Å². The molecule has 0 aromatic heterocycles. The number of unbranched alkanes of at least 4 members (excludes halogenated alkanes) is 1. The van der Waals surface area contributed by atoms with Crippen LogP contribution < -0.4 is 16.0 Å². The minimum Gasteiger partial charge on any atom is -0.444 e. The number of nitrogens with one attached hydrogen (secondary N) is 3. The molecule has 0 fully saturated rings. The average molecular weight is 548 g/mol. The summed E-state index contributed by atoms with van der Waals surface area (Å²) in [5.74, 6) is 0.829. The highest BCUT2D eigenvalue weighted by molar-refractivity contribution is 14.0. The third-order valence-corrected chi connectivity index (χ3v) is 4.64. The Hall–Kier alpha value is -1.55. The fraction of sp³-hybridized carbons (Fsp3) is 0.652. The molecule has 1 amide bonds. The van der Waals surface area contributed by atoms with E-state index in [2.05, 4.69) is 46.7 Å². The highest BCUT2D eigenvalue weighted by Gasteiger charge is 2.16. The summed E-state index contributed by atoms with van der Waals surface area (Å²) in [5, 5.41) is 9.46. The number of rotatable bonds is 10. The molecular formula is C23H42IN5O2. The molecule has 1 rings (SSSR count). The smallest absolute Gasteiger partial charge is 0.412 e. The Balaban J connectivity index is 0.00000900. The molecule has 3 N–H and O–H groups in total. The SMILES string of the molecule is CN=C(NCCCCN(C)C(C)C)NCCc1ccc(NC(=O)OC(C)(C)C)cc1.I. The molecule has 0 radical (unpaired) electrons. The molecule has 0 aliphatic carbocycles. The number of carbonyl (C=O) groups is 1. The molecule has 0 saturated heterocycles. The normalized spacial score (nSPS) is 11.8. The van der Waals surface area contributed by atoms with Crippen LogP contribution in [0.1, 0.15) is 53.0 Å². The molecule has 0 aliphatic rings. The number of benzene rings is 1. The molecule has 0 saturated carbocycles.